The molecular weight excluding hydrogens is 196 g/mol. The van der Waals surface area contributed by atoms with Gasteiger partial charge in [-0.3, -0.25) is 14.4 Å². The molecule has 15 heavy (non-hydrogen) atoms. The molecule has 0 saturated carbocycles. The molecule has 0 unspecified atom stereocenters. The lowest BCUT2D eigenvalue weighted by Gasteiger charge is -1.99. The average Bonchev–Trinajstić information content (AvgIpc) is 2.17. The van der Waals surface area contributed by atoms with Crippen molar-refractivity contribution >= 4 is 17.5 Å². The highest BCUT2D eigenvalue weighted by Gasteiger charge is 2.10. The summed E-state index contributed by atoms with van der Waals surface area (Å²) < 4.78 is 0. The van der Waals surface area contributed by atoms with Gasteiger partial charge in [-0.15, -0.1) is 0 Å². The van der Waals surface area contributed by atoms with Crippen molar-refractivity contribution in [3.8, 4) is 0 Å². The Morgan fingerprint density at radius 3 is 1.93 bits per heavy atom. The Bertz CT molecular complexity index is 403. The van der Waals surface area contributed by atoms with E-state index in [2.05, 4.69) is 0 Å². The van der Waals surface area contributed by atoms with Crippen LogP contribution in [0.2, 0.25) is 0 Å². The van der Waals surface area contributed by atoms with Crippen molar-refractivity contribution in [3.63, 3.8) is 0 Å². The molecule has 4 heteroatoms. The van der Waals surface area contributed by atoms with Gasteiger partial charge in [0.1, 0.15) is 6.42 Å². The second-order valence-electron chi connectivity index (χ2n) is 3.13. The van der Waals surface area contributed by atoms with Crippen LogP contribution in [-0.2, 0) is 4.79 Å². The minimum Gasteiger partial charge on any atom is -0.481 e. The van der Waals surface area contributed by atoms with Crippen molar-refractivity contribution in [3.05, 3.63) is 35.4 Å². The van der Waals surface area contributed by atoms with E-state index in [0.717, 1.165) is 0 Å². The zero-order chi connectivity index (χ0) is 11.4. The number of hydrogen-bond donors (Lipinski definition) is 1. The van der Waals surface area contributed by atoms with Crippen LogP contribution in [0, 0.1) is 0 Å². The van der Waals surface area contributed by atoms with E-state index in [1.165, 1.54) is 31.2 Å². The fraction of sp³-hybridized carbons (Fsp3) is 0.182. The van der Waals surface area contributed by atoms with Crippen LogP contribution in [0.25, 0.3) is 0 Å². The van der Waals surface area contributed by atoms with Gasteiger partial charge in [0, 0.05) is 11.1 Å². The second-order valence-corrected chi connectivity index (χ2v) is 3.13. The van der Waals surface area contributed by atoms with E-state index in [0.29, 0.717) is 11.1 Å². The summed E-state index contributed by atoms with van der Waals surface area (Å²) in [5.74, 6) is -1.71. The minimum atomic E-state index is -1.16. The van der Waals surface area contributed by atoms with Crippen LogP contribution in [0.3, 0.4) is 0 Å². The van der Waals surface area contributed by atoms with Gasteiger partial charge in [0.15, 0.2) is 11.6 Å². The van der Waals surface area contributed by atoms with E-state index < -0.39 is 18.2 Å². The van der Waals surface area contributed by atoms with Crippen LogP contribution in [-0.4, -0.2) is 22.6 Å². The maximum absolute atomic E-state index is 11.3. The molecule has 1 N–H and O–H groups in total. The first kappa shape index (κ1) is 11.1. The number of carbonyl (C=O) groups is 3. The zero-order valence-corrected chi connectivity index (χ0v) is 8.19. The molecule has 0 aromatic heterocycles. The highest BCUT2D eigenvalue weighted by molar-refractivity contribution is 6.06. The Hall–Kier alpha value is -1.97. The molecule has 78 valence electrons. The number of carboxylic acids is 1. The molecule has 4 nitrogen and oxygen atoms in total. The average molecular weight is 206 g/mol. The van der Waals surface area contributed by atoms with Gasteiger partial charge >= 0.3 is 5.97 Å². The first-order chi connectivity index (χ1) is 7.00. The van der Waals surface area contributed by atoms with Crippen LogP contribution in [0.15, 0.2) is 24.3 Å². The highest BCUT2D eigenvalue weighted by Crippen LogP contribution is 2.07. The van der Waals surface area contributed by atoms with Crippen molar-refractivity contribution in [2.75, 3.05) is 0 Å². The first-order valence-electron chi connectivity index (χ1n) is 4.36. The Kier molecular flexibility index (Phi) is 3.33. The third-order valence-corrected chi connectivity index (χ3v) is 1.93. The maximum Gasteiger partial charge on any atom is 0.311 e. The van der Waals surface area contributed by atoms with Gasteiger partial charge in [-0.2, -0.15) is 0 Å². The fourth-order valence-electron chi connectivity index (χ4n) is 1.13. The molecule has 1 aromatic rings. The topological polar surface area (TPSA) is 71.4 Å². The quantitative estimate of drug-likeness (QED) is 0.599. The van der Waals surface area contributed by atoms with E-state index in [9.17, 15) is 14.4 Å². The van der Waals surface area contributed by atoms with Gasteiger partial charge < -0.3 is 5.11 Å². The highest BCUT2D eigenvalue weighted by atomic mass is 16.4. The number of hydrogen-bond acceptors (Lipinski definition) is 3. The van der Waals surface area contributed by atoms with Crippen molar-refractivity contribution in [2.24, 2.45) is 0 Å². The molecule has 0 aliphatic rings. The largest absolute Gasteiger partial charge is 0.481 e. The lowest BCUT2D eigenvalue weighted by Crippen LogP contribution is -2.07. The fourth-order valence-corrected chi connectivity index (χ4v) is 1.13. The SMILES string of the molecule is CC(=O)c1ccc(C(=O)CC(=O)O)cc1. The van der Waals surface area contributed by atoms with E-state index in [4.69, 9.17) is 5.11 Å². The lowest BCUT2D eigenvalue weighted by atomic mass is 10.0. The molecule has 0 aliphatic heterocycles. The van der Waals surface area contributed by atoms with Gasteiger partial charge in [-0.05, 0) is 6.92 Å². The Balaban J connectivity index is 2.84. The zero-order valence-electron chi connectivity index (χ0n) is 8.19. The number of rotatable bonds is 4. The van der Waals surface area contributed by atoms with Gasteiger partial charge in [0.2, 0.25) is 0 Å². The molecule has 0 spiro atoms. The normalized spacial score (nSPS) is 9.67. The second kappa shape index (κ2) is 4.50. The van der Waals surface area contributed by atoms with E-state index >= 15 is 0 Å². The molecular formula is C11H10O4. The molecule has 0 bridgehead atoms. The number of Topliss-reactive ketones (excluding diaryl/α,β-unsaturated/α-hetero) is 2. The molecule has 1 rings (SSSR count). The Morgan fingerprint density at radius 2 is 1.53 bits per heavy atom. The summed E-state index contributed by atoms with van der Waals surface area (Å²) in [7, 11) is 0. The van der Waals surface area contributed by atoms with Crippen LogP contribution in [0.5, 0.6) is 0 Å². The van der Waals surface area contributed by atoms with Gasteiger partial charge in [0.25, 0.3) is 0 Å². The lowest BCUT2D eigenvalue weighted by molar-refractivity contribution is -0.135. The number of carbonyl (C=O) groups excluding carboxylic acids is 2. The van der Waals surface area contributed by atoms with Crippen LogP contribution in [0.4, 0.5) is 0 Å². The molecule has 0 radical (unpaired) electrons. The van der Waals surface area contributed by atoms with Crippen molar-refractivity contribution in [1.82, 2.24) is 0 Å². The number of ketones is 2. The van der Waals surface area contributed by atoms with Gasteiger partial charge in [0.05, 0.1) is 0 Å². The van der Waals surface area contributed by atoms with Crippen LogP contribution >= 0.6 is 0 Å². The standard InChI is InChI=1S/C11H10O4/c1-7(12)8-2-4-9(5-3-8)10(13)6-11(14)15/h2-5H,6H2,1H3,(H,14,15). The molecule has 0 amide bonds. The smallest absolute Gasteiger partial charge is 0.311 e. The van der Waals surface area contributed by atoms with Crippen molar-refractivity contribution in [1.29, 1.82) is 0 Å². The summed E-state index contributed by atoms with van der Waals surface area (Å²) >= 11 is 0. The Morgan fingerprint density at radius 1 is 1.07 bits per heavy atom. The van der Waals surface area contributed by atoms with Gasteiger partial charge in [-0.25, -0.2) is 0 Å². The number of aliphatic carboxylic acids is 1. The summed E-state index contributed by atoms with van der Waals surface area (Å²) in [4.78, 5) is 32.5. The summed E-state index contributed by atoms with van der Waals surface area (Å²) in [5.41, 5.74) is 0.810. The summed E-state index contributed by atoms with van der Waals surface area (Å²) in [6.07, 6.45) is -0.528. The molecule has 1 aromatic carbocycles. The molecule has 0 aliphatic carbocycles. The first-order valence-corrected chi connectivity index (χ1v) is 4.36. The van der Waals surface area contributed by atoms with E-state index in [1.807, 2.05) is 0 Å². The van der Waals surface area contributed by atoms with E-state index in [1.54, 1.807) is 0 Å². The molecule has 0 atom stereocenters. The summed E-state index contributed by atoms with van der Waals surface area (Å²) in [6.45, 7) is 1.42. The minimum absolute atomic E-state index is 0.0905. The van der Waals surface area contributed by atoms with Crippen LogP contribution < -0.4 is 0 Å². The molecule has 0 heterocycles. The third kappa shape index (κ3) is 3.02. The van der Waals surface area contributed by atoms with Gasteiger partial charge in [-0.1, -0.05) is 24.3 Å². The third-order valence-electron chi connectivity index (χ3n) is 1.93. The van der Waals surface area contributed by atoms with Crippen molar-refractivity contribution < 1.29 is 19.5 Å². The van der Waals surface area contributed by atoms with E-state index in [-0.39, 0.29) is 5.78 Å². The predicted octanol–water partition coefficient (Wildman–Crippen LogP) is 1.55. The summed E-state index contributed by atoms with van der Waals surface area (Å²) in [6, 6.07) is 5.94. The number of benzene rings is 1. The van der Waals surface area contributed by atoms with Crippen molar-refractivity contribution in [2.45, 2.75) is 13.3 Å². The molecule has 0 saturated heterocycles. The summed E-state index contributed by atoms with van der Waals surface area (Å²) in [5, 5.41) is 8.41. The predicted molar refractivity (Wildman–Crippen MR) is 53.0 cm³/mol. The molecule has 0 fully saturated rings. The Labute approximate surface area is 86.5 Å². The maximum atomic E-state index is 11.3. The monoisotopic (exact) mass is 206 g/mol. The van der Waals surface area contributed by atoms with Crippen LogP contribution in [0.1, 0.15) is 34.1 Å². The number of carboxylic acid groups (broad SMARTS) is 1.